The highest BCUT2D eigenvalue weighted by Gasteiger charge is 2.52. The maximum atomic E-state index is 11.9. The summed E-state index contributed by atoms with van der Waals surface area (Å²) < 4.78 is 0. The molecule has 1 atom stereocenters. The number of rotatable bonds is 3. The molecule has 0 saturated heterocycles. The Morgan fingerprint density at radius 1 is 1.17 bits per heavy atom. The molecule has 0 bridgehead atoms. The highest BCUT2D eigenvalue weighted by atomic mass is 16.4. The van der Waals surface area contributed by atoms with E-state index in [1.54, 1.807) is 0 Å². The van der Waals surface area contributed by atoms with Crippen LogP contribution in [-0.2, 0) is 4.79 Å². The summed E-state index contributed by atoms with van der Waals surface area (Å²) >= 11 is 0. The maximum Gasteiger partial charge on any atom is 0.329 e. The lowest BCUT2D eigenvalue weighted by Gasteiger charge is -2.39. The number of carbonyl (C=O) groups is 2. The fraction of sp³-hybridized carbons (Fsp3) is 0.846. The lowest BCUT2D eigenvalue weighted by Crippen LogP contribution is -2.54. The van der Waals surface area contributed by atoms with Gasteiger partial charge in [-0.3, -0.25) is 0 Å². The fourth-order valence-corrected chi connectivity index (χ4v) is 2.69. The molecule has 0 aromatic carbocycles. The third kappa shape index (κ3) is 2.60. The summed E-state index contributed by atoms with van der Waals surface area (Å²) in [5.74, 6) is -0.930. The Labute approximate surface area is 107 Å². The summed E-state index contributed by atoms with van der Waals surface area (Å²) in [6.45, 7) is 4.31. The second-order valence-electron chi connectivity index (χ2n) is 6.27. The Bertz CT molecular complexity index is 361. The molecular weight excluding hydrogens is 232 g/mol. The molecule has 0 spiro atoms. The van der Waals surface area contributed by atoms with E-state index in [0.29, 0.717) is 12.8 Å². The molecule has 2 aliphatic carbocycles. The van der Waals surface area contributed by atoms with Gasteiger partial charge in [-0.05, 0) is 31.1 Å². The van der Waals surface area contributed by atoms with Gasteiger partial charge in [0.1, 0.15) is 5.54 Å². The third-order valence-corrected chi connectivity index (χ3v) is 4.32. The molecule has 1 unspecified atom stereocenters. The van der Waals surface area contributed by atoms with Gasteiger partial charge in [0.25, 0.3) is 0 Å². The Balaban J connectivity index is 1.89. The van der Waals surface area contributed by atoms with Crippen LogP contribution in [0.1, 0.15) is 52.4 Å². The van der Waals surface area contributed by atoms with Gasteiger partial charge in [-0.15, -0.1) is 0 Å². The first-order valence-electron chi connectivity index (χ1n) is 6.68. The van der Waals surface area contributed by atoms with Crippen LogP contribution in [0, 0.1) is 5.41 Å². The third-order valence-electron chi connectivity index (χ3n) is 4.32. The van der Waals surface area contributed by atoms with Gasteiger partial charge in [-0.25, -0.2) is 9.59 Å². The molecule has 0 aromatic heterocycles. The molecule has 2 fully saturated rings. The first kappa shape index (κ1) is 13.2. The van der Waals surface area contributed by atoms with Gasteiger partial charge in [-0.2, -0.15) is 0 Å². The standard InChI is InChI=1S/C13H22N2O3/c1-12(2)6-4-3-5-9(12)14-11(18)15-13(7-8-13)10(16)17/h9H,3-8H2,1-2H3,(H,16,17)(H2,14,15,18). The highest BCUT2D eigenvalue weighted by Crippen LogP contribution is 2.37. The van der Waals surface area contributed by atoms with E-state index in [1.807, 2.05) is 0 Å². The molecule has 2 aliphatic rings. The molecule has 2 saturated carbocycles. The molecule has 5 nitrogen and oxygen atoms in total. The van der Waals surface area contributed by atoms with Gasteiger partial charge in [0, 0.05) is 6.04 Å². The van der Waals surface area contributed by atoms with E-state index >= 15 is 0 Å². The largest absolute Gasteiger partial charge is 0.480 e. The number of amides is 2. The number of carboxylic acid groups (broad SMARTS) is 1. The van der Waals surface area contributed by atoms with Gasteiger partial charge in [0.15, 0.2) is 0 Å². The van der Waals surface area contributed by atoms with Crippen molar-refractivity contribution in [2.75, 3.05) is 0 Å². The van der Waals surface area contributed by atoms with E-state index < -0.39 is 11.5 Å². The Morgan fingerprint density at radius 2 is 1.83 bits per heavy atom. The summed E-state index contributed by atoms with van der Waals surface area (Å²) in [5, 5.41) is 14.6. The van der Waals surface area contributed by atoms with Crippen LogP contribution < -0.4 is 10.6 Å². The second-order valence-corrected chi connectivity index (χ2v) is 6.27. The molecule has 0 heterocycles. The minimum atomic E-state index is -0.997. The molecule has 18 heavy (non-hydrogen) atoms. The number of carbonyl (C=O) groups excluding carboxylic acids is 1. The van der Waals surface area contributed by atoms with E-state index in [2.05, 4.69) is 24.5 Å². The molecule has 2 amide bonds. The van der Waals surface area contributed by atoms with Crippen molar-refractivity contribution in [3.05, 3.63) is 0 Å². The van der Waals surface area contributed by atoms with Crippen LogP contribution in [0.5, 0.6) is 0 Å². The van der Waals surface area contributed by atoms with E-state index in [0.717, 1.165) is 19.3 Å². The molecule has 0 aliphatic heterocycles. The number of carboxylic acids is 1. The molecular formula is C13H22N2O3. The predicted molar refractivity (Wildman–Crippen MR) is 67.3 cm³/mol. The maximum absolute atomic E-state index is 11.9. The summed E-state index contributed by atoms with van der Waals surface area (Å²) in [5.41, 5.74) is -0.904. The SMILES string of the molecule is CC1(C)CCCCC1NC(=O)NC1(C(=O)O)CC1. The lowest BCUT2D eigenvalue weighted by atomic mass is 9.73. The quantitative estimate of drug-likeness (QED) is 0.719. The number of hydrogen-bond donors (Lipinski definition) is 3. The second kappa shape index (κ2) is 4.44. The van der Waals surface area contributed by atoms with Crippen LogP contribution in [0.25, 0.3) is 0 Å². The van der Waals surface area contributed by atoms with Gasteiger partial charge in [-0.1, -0.05) is 26.7 Å². The number of aliphatic carboxylic acids is 1. The zero-order valence-electron chi connectivity index (χ0n) is 11.1. The highest BCUT2D eigenvalue weighted by molar-refractivity contribution is 5.89. The Hall–Kier alpha value is -1.26. The van der Waals surface area contributed by atoms with Crippen molar-refractivity contribution in [1.29, 1.82) is 0 Å². The minimum Gasteiger partial charge on any atom is -0.480 e. The molecule has 5 heteroatoms. The average molecular weight is 254 g/mol. The summed E-state index contributed by atoms with van der Waals surface area (Å²) in [6, 6.07) is -0.203. The van der Waals surface area contributed by atoms with Gasteiger partial charge >= 0.3 is 12.0 Å². The van der Waals surface area contributed by atoms with Crippen LogP contribution in [0.4, 0.5) is 4.79 Å². The van der Waals surface area contributed by atoms with Crippen molar-refractivity contribution in [2.45, 2.75) is 64.0 Å². The average Bonchev–Trinajstić information content (AvgIpc) is 3.02. The van der Waals surface area contributed by atoms with Crippen molar-refractivity contribution in [3.8, 4) is 0 Å². The lowest BCUT2D eigenvalue weighted by molar-refractivity contribution is -0.140. The molecule has 102 valence electrons. The Kier molecular flexibility index (Phi) is 3.25. The van der Waals surface area contributed by atoms with Gasteiger partial charge < -0.3 is 15.7 Å². The van der Waals surface area contributed by atoms with E-state index in [1.165, 1.54) is 6.42 Å². The van der Waals surface area contributed by atoms with Crippen molar-refractivity contribution < 1.29 is 14.7 Å². The van der Waals surface area contributed by atoms with Crippen LogP contribution >= 0.6 is 0 Å². The molecule has 0 radical (unpaired) electrons. The zero-order chi connectivity index (χ0) is 13.4. The van der Waals surface area contributed by atoms with Crippen molar-refractivity contribution in [2.24, 2.45) is 5.41 Å². The zero-order valence-corrected chi connectivity index (χ0v) is 11.1. The molecule has 0 aromatic rings. The van der Waals surface area contributed by atoms with Crippen molar-refractivity contribution in [1.82, 2.24) is 10.6 Å². The number of nitrogens with one attached hydrogen (secondary N) is 2. The Morgan fingerprint density at radius 3 is 2.33 bits per heavy atom. The van der Waals surface area contributed by atoms with Crippen molar-refractivity contribution >= 4 is 12.0 Å². The summed E-state index contributed by atoms with van der Waals surface area (Å²) in [4.78, 5) is 22.9. The van der Waals surface area contributed by atoms with E-state index in [4.69, 9.17) is 5.11 Å². The van der Waals surface area contributed by atoms with Gasteiger partial charge in [0.05, 0.1) is 0 Å². The summed E-state index contributed by atoms with van der Waals surface area (Å²) in [6.07, 6.45) is 5.46. The predicted octanol–water partition coefficient (Wildman–Crippen LogP) is 1.87. The molecule has 2 rings (SSSR count). The fourth-order valence-electron chi connectivity index (χ4n) is 2.69. The topological polar surface area (TPSA) is 78.4 Å². The summed E-state index contributed by atoms with van der Waals surface area (Å²) in [7, 11) is 0. The number of hydrogen-bond acceptors (Lipinski definition) is 2. The first-order chi connectivity index (χ1) is 8.36. The first-order valence-corrected chi connectivity index (χ1v) is 6.68. The van der Waals surface area contributed by atoms with Crippen molar-refractivity contribution in [3.63, 3.8) is 0 Å². The van der Waals surface area contributed by atoms with E-state index in [-0.39, 0.29) is 17.5 Å². The smallest absolute Gasteiger partial charge is 0.329 e. The van der Waals surface area contributed by atoms with Crippen LogP contribution in [0.2, 0.25) is 0 Å². The molecule has 3 N–H and O–H groups in total. The normalized spacial score (nSPS) is 28.2. The monoisotopic (exact) mass is 254 g/mol. The van der Waals surface area contributed by atoms with E-state index in [9.17, 15) is 9.59 Å². The van der Waals surface area contributed by atoms with Crippen LogP contribution in [-0.4, -0.2) is 28.7 Å². The minimum absolute atomic E-state index is 0.0928. The van der Waals surface area contributed by atoms with Crippen LogP contribution in [0.15, 0.2) is 0 Å². The number of urea groups is 1. The van der Waals surface area contributed by atoms with Crippen LogP contribution in [0.3, 0.4) is 0 Å². The van der Waals surface area contributed by atoms with Gasteiger partial charge in [0.2, 0.25) is 0 Å².